The van der Waals surface area contributed by atoms with Crippen LogP contribution in [0.25, 0.3) is 0 Å². The molecule has 0 aromatic rings. The van der Waals surface area contributed by atoms with E-state index in [-0.39, 0.29) is 18.2 Å². The molecular weight excluding hydrogens is 370 g/mol. The average molecular weight is 412 g/mol. The van der Waals surface area contributed by atoms with Gasteiger partial charge in [-0.3, -0.25) is 4.99 Å². The third-order valence-electron chi connectivity index (χ3n) is 5.22. The number of guanidine groups is 1. The first kappa shape index (κ1) is 23.7. The number of rotatable bonds is 6. The van der Waals surface area contributed by atoms with Crippen LogP contribution in [0.5, 0.6) is 0 Å². The summed E-state index contributed by atoms with van der Waals surface area (Å²) in [7, 11) is 0. The van der Waals surface area contributed by atoms with Crippen LogP contribution in [-0.2, 0) is 4.74 Å². The second-order valence-electron chi connectivity index (χ2n) is 9.10. The molecule has 2 saturated heterocycles. The summed E-state index contributed by atoms with van der Waals surface area (Å²) in [6.45, 7) is 13.7. The van der Waals surface area contributed by atoms with Crippen LogP contribution in [-0.4, -0.2) is 90.5 Å². The van der Waals surface area contributed by atoms with E-state index >= 15 is 0 Å². The average Bonchev–Trinajstić information content (AvgIpc) is 2.65. The fourth-order valence-corrected chi connectivity index (χ4v) is 3.73. The largest absolute Gasteiger partial charge is 0.444 e. The van der Waals surface area contributed by atoms with Gasteiger partial charge < -0.3 is 30.3 Å². The molecular formula is C21H41N5O3. The molecule has 0 spiro atoms. The topological polar surface area (TPSA) is 89.4 Å². The smallest absolute Gasteiger partial charge is 0.410 e. The maximum atomic E-state index is 12.4. The predicted molar refractivity (Wildman–Crippen MR) is 116 cm³/mol. The summed E-state index contributed by atoms with van der Waals surface area (Å²) < 4.78 is 5.51. The molecule has 168 valence electrons. The molecule has 1 atom stereocenters. The Morgan fingerprint density at radius 3 is 2.59 bits per heavy atom. The zero-order valence-corrected chi connectivity index (χ0v) is 18.7. The summed E-state index contributed by atoms with van der Waals surface area (Å²) in [5.41, 5.74) is -0.472. The van der Waals surface area contributed by atoms with Gasteiger partial charge in [0.25, 0.3) is 0 Å². The van der Waals surface area contributed by atoms with E-state index in [4.69, 9.17) is 9.73 Å². The van der Waals surface area contributed by atoms with Crippen molar-refractivity contribution in [3.8, 4) is 0 Å². The molecule has 2 aliphatic rings. The number of carbonyl (C=O) groups is 1. The van der Waals surface area contributed by atoms with Gasteiger partial charge in [0, 0.05) is 45.3 Å². The summed E-state index contributed by atoms with van der Waals surface area (Å²) in [5.74, 6) is 0.817. The van der Waals surface area contributed by atoms with Gasteiger partial charge in [0.15, 0.2) is 5.96 Å². The molecule has 2 aliphatic heterocycles. The van der Waals surface area contributed by atoms with Crippen LogP contribution < -0.4 is 10.6 Å². The van der Waals surface area contributed by atoms with Gasteiger partial charge in [0.05, 0.1) is 6.10 Å². The third-order valence-corrected chi connectivity index (χ3v) is 5.22. The van der Waals surface area contributed by atoms with Crippen LogP contribution in [0.3, 0.4) is 0 Å². The van der Waals surface area contributed by atoms with Crippen LogP contribution in [0, 0.1) is 0 Å². The van der Waals surface area contributed by atoms with E-state index in [2.05, 4.69) is 22.5 Å². The molecule has 2 fully saturated rings. The molecule has 29 heavy (non-hydrogen) atoms. The Morgan fingerprint density at radius 1 is 1.21 bits per heavy atom. The number of nitrogens with one attached hydrogen (secondary N) is 2. The standard InChI is InChI=1S/C21H41N5O3/c1-5-22-19(23-11-7-12-25-14-9-18(27)10-15-25)24-17-8-6-13-26(16-17)20(28)29-21(2,3)4/h17-18,27H,5-16H2,1-4H3,(H2,22,23,24). The summed E-state index contributed by atoms with van der Waals surface area (Å²) in [5, 5.41) is 16.4. The lowest BCUT2D eigenvalue weighted by Crippen LogP contribution is -2.53. The first-order chi connectivity index (χ1) is 13.8. The number of aliphatic hydroxyl groups excluding tert-OH is 1. The lowest BCUT2D eigenvalue weighted by Gasteiger charge is -2.35. The van der Waals surface area contributed by atoms with Gasteiger partial charge in [-0.2, -0.15) is 0 Å². The number of likely N-dealkylation sites (tertiary alicyclic amines) is 2. The molecule has 0 radical (unpaired) electrons. The number of hydrogen-bond donors (Lipinski definition) is 3. The Hall–Kier alpha value is -1.54. The lowest BCUT2D eigenvalue weighted by atomic mass is 10.1. The third kappa shape index (κ3) is 9.21. The molecule has 0 saturated carbocycles. The maximum absolute atomic E-state index is 12.4. The SMILES string of the molecule is CCNC(=NCCCN1CCC(O)CC1)NC1CCCN(C(=O)OC(C)(C)C)C1. The number of nitrogens with zero attached hydrogens (tertiary/aromatic N) is 3. The number of aliphatic imine (C=N–C) groups is 1. The number of hydrogen-bond acceptors (Lipinski definition) is 5. The van der Waals surface area contributed by atoms with Crippen molar-refractivity contribution < 1.29 is 14.6 Å². The lowest BCUT2D eigenvalue weighted by molar-refractivity contribution is 0.0193. The summed E-state index contributed by atoms with van der Waals surface area (Å²) in [4.78, 5) is 21.3. The number of aliphatic hydroxyl groups is 1. The summed E-state index contributed by atoms with van der Waals surface area (Å²) in [6.07, 6.45) is 4.37. The molecule has 3 N–H and O–H groups in total. The minimum Gasteiger partial charge on any atom is -0.444 e. The van der Waals surface area contributed by atoms with Gasteiger partial charge in [0.2, 0.25) is 0 Å². The number of piperidine rings is 2. The second-order valence-corrected chi connectivity index (χ2v) is 9.10. The normalized spacial score (nSPS) is 22.4. The van der Waals surface area contributed by atoms with Crippen LogP contribution in [0.4, 0.5) is 4.79 Å². The molecule has 0 aromatic heterocycles. The van der Waals surface area contributed by atoms with Crippen LogP contribution in [0.15, 0.2) is 4.99 Å². The molecule has 0 bridgehead atoms. The highest BCUT2D eigenvalue weighted by Crippen LogP contribution is 2.15. The van der Waals surface area contributed by atoms with E-state index in [0.29, 0.717) is 6.54 Å². The Morgan fingerprint density at radius 2 is 1.93 bits per heavy atom. The van der Waals surface area contributed by atoms with Crippen molar-refractivity contribution in [2.45, 2.75) is 77.5 Å². The van der Waals surface area contributed by atoms with Crippen LogP contribution >= 0.6 is 0 Å². The fourth-order valence-electron chi connectivity index (χ4n) is 3.73. The highest BCUT2D eigenvalue weighted by molar-refractivity contribution is 5.80. The highest BCUT2D eigenvalue weighted by Gasteiger charge is 2.28. The van der Waals surface area contributed by atoms with Crippen LogP contribution in [0.2, 0.25) is 0 Å². The van der Waals surface area contributed by atoms with E-state index in [0.717, 1.165) is 77.3 Å². The summed E-state index contributed by atoms with van der Waals surface area (Å²) in [6, 6.07) is 0.178. The van der Waals surface area contributed by atoms with Crippen molar-refractivity contribution in [3.05, 3.63) is 0 Å². The zero-order valence-electron chi connectivity index (χ0n) is 18.7. The van der Waals surface area contributed by atoms with Crippen molar-refractivity contribution in [2.24, 2.45) is 4.99 Å². The van der Waals surface area contributed by atoms with Gasteiger partial charge in [-0.25, -0.2) is 4.79 Å². The first-order valence-electron chi connectivity index (χ1n) is 11.2. The molecule has 2 heterocycles. The Bertz CT molecular complexity index is 527. The minimum atomic E-state index is -0.472. The quantitative estimate of drug-likeness (QED) is 0.351. The van der Waals surface area contributed by atoms with Crippen molar-refractivity contribution >= 4 is 12.1 Å². The molecule has 8 nitrogen and oxygen atoms in total. The molecule has 1 amide bonds. The summed E-state index contributed by atoms with van der Waals surface area (Å²) >= 11 is 0. The Labute approximate surface area is 176 Å². The van der Waals surface area contributed by atoms with Gasteiger partial charge in [-0.15, -0.1) is 0 Å². The van der Waals surface area contributed by atoms with Gasteiger partial charge in [-0.1, -0.05) is 0 Å². The van der Waals surface area contributed by atoms with E-state index in [9.17, 15) is 9.90 Å². The molecule has 1 unspecified atom stereocenters. The number of carbonyl (C=O) groups excluding carboxylic acids is 1. The first-order valence-corrected chi connectivity index (χ1v) is 11.2. The van der Waals surface area contributed by atoms with E-state index in [1.807, 2.05) is 20.8 Å². The van der Waals surface area contributed by atoms with E-state index < -0.39 is 5.60 Å². The molecule has 0 aromatic carbocycles. The fraction of sp³-hybridized carbons (Fsp3) is 0.905. The van der Waals surface area contributed by atoms with Gasteiger partial charge in [0.1, 0.15) is 5.60 Å². The monoisotopic (exact) mass is 411 g/mol. The van der Waals surface area contributed by atoms with E-state index in [1.165, 1.54) is 0 Å². The van der Waals surface area contributed by atoms with Crippen molar-refractivity contribution in [2.75, 3.05) is 45.8 Å². The zero-order chi connectivity index (χ0) is 21.3. The second kappa shape index (κ2) is 11.6. The maximum Gasteiger partial charge on any atom is 0.410 e. The van der Waals surface area contributed by atoms with Gasteiger partial charge in [-0.05, 0) is 66.3 Å². The molecule has 2 rings (SSSR count). The highest BCUT2D eigenvalue weighted by atomic mass is 16.6. The van der Waals surface area contributed by atoms with Gasteiger partial charge >= 0.3 is 6.09 Å². The number of amides is 1. The number of ether oxygens (including phenoxy) is 1. The van der Waals surface area contributed by atoms with Crippen molar-refractivity contribution in [3.63, 3.8) is 0 Å². The van der Waals surface area contributed by atoms with Crippen molar-refractivity contribution in [1.82, 2.24) is 20.4 Å². The predicted octanol–water partition coefficient (Wildman–Crippen LogP) is 1.79. The van der Waals surface area contributed by atoms with Crippen LogP contribution in [0.1, 0.15) is 59.8 Å². The Balaban J connectivity index is 1.77. The Kier molecular flexibility index (Phi) is 9.49. The molecule has 0 aliphatic carbocycles. The minimum absolute atomic E-state index is 0.121. The molecule has 8 heteroatoms. The van der Waals surface area contributed by atoms with Crippen molar-refractivity contribution in [1.29, 1.82) is 0 Å². The van der Waals surface area contributed by atoms with E-state index in [1.54, 1.807) is 4.90 Å².